The number of anilines is 1. The van der Waals surface area contributed by atoms with Crippen LogP contribution in [0.1, 0.15) is 25.0 Å². The number of hydrogen-bond donors (Lipinski definition) is 0. The monoisotopic (exact) mass is 525 g/mol. The van der Waals surface area contributed by atoms with Gasteiger partial charge in [0, 0.05) is 18.0 Å². The van der Waals surface area contributed by atoms with Gasteiger partial charge in [-0.05, 0) is 56.1 Å². The van der Waals surface area contributed by atoms with Crippen molar-refractivity contribution in [2.45, 2.75) is 31.5 Å². The van der Waals surface area contributed by atoms with E-state index in [0.717, 1.165) is 17.0 Å². The van der Waals surface area contributed by atoms with Gasteiger partial charge in [0.25, 0.3) is 0 Å². The Balaban J connectivity index is 2.39. The van der Waals surface area contributed by atoms with Gasteiger partial charge in [0.05, 0.1) is 24.4 Å². The minimum Gasteiger partial charge on any atom is -0.449 e. The fraction of sp³-hybridized carbons (Fsp3) is 0.462. The lowest BCUT2D eigenvalue weighted by Gasteiger charge is -2.29. The molecule has 6 nitrogen and oxygen atoms in total. The molecule has 2 aromatic rings. The number of carbonyl (C=O) groups is 2. The van der Waals surface area contributed by atoms with Crippen LogP contribution in [0.3, 0.4) is 0 Å². The summed E-state index contributed by atoms with van der Waals surface area (Å²) in [5, 5.41) is 0. The number of amides is 2. The van der Waals surface area contributed by atoms with E-state index in [9.17, 15) is 22.8 Å². The average molecular weight is 526 g/mol. The number of thioether (sulfide) groups is 1. The number of hydrogen-bond acceptors (Lipinski definition) is 5. The molecule has 0 saturated carbocycles. The van der Waals surface area contributed by atoms with E-state index in [1.807, 2.05) is 51.2 Å². The zero-order valence-electron chi connectivity index (χ0n) is 21.3. The Morgan fingerprint density at radius 3 is 2.33 bits per heavy atom. The van der Waals surface area contributed by atoms with Crippen LogP contribution in [0, 0.1) is 5.92 Å². The van der Waals surface area contributed by atoms with E-state index in [4.69, 9.17) is 4.74 Å². The predicted octanol–water partition coefficient (Wildman–Crippen LogP) is 5.62. The SMILES string of the molecule is CSc1ccccc1N(Cc1cccc(C(F)(F)F)c1)C(=O)CN(CCN(C)C)C(=O)OCC(C)C. The largest absolute Gasteiger partial charge is 0.449 e. The summed E-state index contributed by atoms with van der Waals surface area (Å²) >= 11 is 1.42. The first kappa shape index (κ1) is 29.5. The van der Waals surface area contributed by atoms with Crippen LogP contribution in [0.25, 0.3) is 0 Å². The van der Waals surface area contributed by atoms with E-state index in [1.165, 1.54) is 27.6 Å². The van der Waals surface area contributed by atoms with Crippen molar-refractivity contribution in [1.82, 2.24) is 9.80 Å². The zero-order chi connectivity index (χ0) is 26.9. The molecule has 0 radical (unpaired) electrons. The molecule has 2 aromatic carbocycles. The molecular formula is C26H34F3N3O3S. The van der Waals surface area contributed by atoms with Gasteiger partial charge in [-0.1, -0.05) is 38.1 Å². The molecule has 0 N–H and O–H groups in total. The molecule has 0 fully saturated rings. The van der Waals surface area contributed by atoms with Crippen LogP contribution in [0.2, 0.25) is 0 Å². The predicted molar refractivity (Wildman–Crippen MR) is 137 cm³/mol. The van der Waals surface area contributed by atoms with Crippen molar-refractivity contribution in [1.29, 1.82) is 0 Å². The molecule has 36 heavy (non-hydrogen) atoms. The molecule has 0 aliphatic rings. The summed E-state index contributed by atoms with van der Waals surface area (Å²) < 4.78 is 45.3. The normalized spacial score (nSPS) is 11.6. The molecule has 0 heterocycles. The first-order chi connectivity index (χ1) is 16.9. The second kappa shape index (κ2) is 13.5. The number of alkyl halides is 3. The molecule has 0 saturated heterocycles. The van der Waals surface area contributed by atoms with Gasteiger partial charge in [0.1, 0.15) is 6.54 Å². The quantitative estimate of drug-likeness (QED) is 0.357. The fourth-order valence-electron chi connectivity index (χ4n) is 3.32. The van der Waals surface area contributed by atoms with Crippen molar-refractivity contribution in [2.75, 3.05) is 51.5 Å². The van der Waals surface area contributed by atoms with Gasteiger partial charge in [-0.25, -0.2) is 4.79 Å². The molecule has 0 spiro atoms. The van der Waals surface area contributed by atoms with Gasteiger partial charge < -0.3 is 14.5 Å². The highest BCUT2D eigenvalue weighted by Gasteiger charge is 2.31. The molecule has 0 aliphatic heterocycles. The number of likely N-dealkylation sites (N-methyl/N-ethyl adjacent to an activating group) is 1. The molecule has 0 bridgehead atoms. The highest BCUT2D eigenvalue weighted by atomic mass is 32.2. The summed E-state index contributed by atoms with van der Waals surface area (Å²) in [5.74, 6) is -0.291. The third-order valence-electron chi connectivity index (χ3n) is 5.21. The second-order valence-corrected chi connectivity index (χ2v) is 9.89. The maximum absolute atomic E-state index is 13.6. The maximum Gasteiger partial charge on any atom is 0.416 e. The van der Waals surface area contributed by atoms with E-state index < -0.39 is 23.7 Å². The Bertz CT molecular complexity index is 1020. The van der Waals surface area contributed by atoms with E-state index >= 15 is 0 Å². The van der Waals surface area contributed by atoms with Crippen LogP contribution in [-0.4, -0.2) is 68.4 Å². The first-order valence-corrected chi connectivity index (χ1v) is 12.8. The van der Waals surface area contributed by atoms with Crippen LogP contribution in [0.4, 0.5) is 23.7 Å². The molecule has 0 aliphatic carbocycles. The molecule has 0 aromatic heterocycles. The summed E-state index contributed by atoms with van der Waals surface area (Å²) in [4.78, 5) is 31.9. The molecule has 0 unspecified atom stereocenters. The molecule has 2 amide bonds. The number of ether oxygens (including phenoxy) is 1. The third kappa shape index (κ3) is 9.05. The van der Waals surface area contributed by atoms with E-state index in [0.29, 0.717) is 17.8 Å². The van der Waals surface area contributed by atoms with Crippen LogP contribution < -0.4 is 4.90 Å². The molecular weight excluding hydrogens is 491 g/mol. The number of halogens is 3. The highest BCUT2D eigenvalue weighted by Crippen LogP contribution is 2.32. The van der Waals surface area contributed by atoms with Gasteiger partial charge in [0.2, 0.25) is 5.91 Å². The van der Waals surface area contributed by atoms with Crippen molar-refractivity contribution in [3.8, 4) is 0 Å². The summed E-state index contributed by atoms with van der Waals surface area (Å²) in [5.41, 5.74) is 0.113. The Morgan fingerprint density at radius 1 is 1.03 bits per heavy atom. The number of para-hydroxylation sites is 1. The minimum absolute atomic E-state index is 0.0805. The van der Waals surface area contributed by atoms with E-state index in [-0.39, 0.29) is 32.2 Å². The summed E-state index contributed by atoms with van der Waals surface area (Å²) in [6, 6.07) is 12.1. The van der Waals surface area contributed by atoms with Gasteiger partial charge in [-0.2, -0.15) is 13.2 Å². The Morgan fingerprint density at radius 2 is 1.72 bits per heavy atom. The lowest BCUT2D eigenvalue weighted by Crippen LogP contribution is -2.45. The summed E-state index contributed by atoms with van der Waals surface area (Å²) in [7, 11) is 3.71. The molecule has 0 atom stereocenters. The topological polar surface area (TPSA) is 53.1 Å². The van der Waals surface area contributed by atoms with Crippen LogP contribution in [-0.2, 0) is 22.3 Å². The number of benzene rings is 2. The van der Waals surface area contributed by atoms with Crippen LogP contribution in [0.15, 0.2) is 53.4 Å². The Kier molecular flexibility index (Phi) is 11.1. The maximum atomic E-state index is 13.6. The van der Waals surface area contributed by atoms with E-state index in [2.05, 4.69) is 0 Å². The third-order valence-corrected chi connectivity index (χ3v) is 6.00. The summed E-state index contributed by atoms with van der Waals surface area (Å²) in [6.45, 7) is 4.47. The van der Waals surface area contributed by atoms with Crippen molar-refractivity contribution in [3.63, 3.8) is 0 Å². The number of carbonyl (C=O) groups excluding carboxylic acids is 2. The van der Waals surface area contributed by atoms with Crippen molar-refractivity contribution in [2.24, 2.45) is 5.92 Å². The first-order valence-electron chi connectivity index (χ1n) is 11.6. The zero-order valence-corrected chi connectivity index (χ0v) is 22.2. The molecule has 10 heteroatoms. The average Bonchev–Trinajstić information content (AvgIpc) is 2.82. The Labute approximate surface area is 215 Å². The fourth-order valence-corrected chi connectivity index (χ4v) is 3.92. The van der Waals surface area contributed by atoms with Gasteiger partial charge in [-0.3, -0.25) is 9.69 Å². The number of rotatable bonds is 11. The Hall–Kier alpha value is -2.72. The van der Waals surface area contributed by atoms with Crippen molar-refractivity contribution in [3.05, 3.63) is 59.7 Å². The van der Waals surface area contributed by atoms with Gasteiger partial charge >= 0.3 is 12.3 Å². The van der Waals surface area contributed by atoms with E-state index in [1.54, 1.807) is 18.2 Å². The molecule has 2 rings (SSSR count). The second-order valence-electron chi connectivity index (χ2n) is 9.05. The smallest absolute Gasteiger partial charge is 0.416 e. The highest BCUT2D eigenvalue weighted by molar-refractivity contribution is 7.98. The standard InChI is InChI=1S/C26H34F3N3O3S/c1-19(2)18-35-25(34)31(14-13-30(3)4)17-24(33)32(22-11-6-7-12-23(22)36-5)16-20-9-8-10-21(15-20)26(27,28)29/h6-12,15,19H,13-14,16-18H2,1-5H3. The van der Waals surface area contributed by atoms with Gasteiger partial charge in [0.15, 0.2) is 0 Å². The lowest BCUT2D eigenvalue weighted by molar-refractivity contribution is -0.137. The van der Waals surface area contributed by atoms with Gasteiger partial charge in [-0.15, -0.1) is 11.8 Å². The molecule has 198 valence electrons. The number of nitrogens with zero attached hydrogens (tertiary/aromatic N) is 3. The minimum atomic E-state index is -4.49. The van der Waals surface area contributed by atoms with Crippen molar-refractivity contribution < 1.29 is 27.5 Å². The van der Waals surface area contributed by atoms with Crippen molar-refractivity contribution >= 4 is 29.4 Å². The van der Waals surface area contributed by atoms with Crippen LogP contribution >= 0.6 is 11.8 Å². The summed E-state index contributed by atoms with van der Waals surface area (Å²) in [6.07, 6.45) is -3.24. The lowest BCUT2D eigenvalue weighted by atomic mass is 10.1. The van der Waals surface area contributed by atoms with Crippen LogP contribution in [0.5, 0.6) is 0 Å².